The summed E-state index contributed by atoms with van der Waals surface area (Å²) in [5.74, 6) is 1.91. The van der Waals surface area contributed by atoms with Crippen LogP contribution in [0.5, 0.6) is 0 Å². The Morgan fingerprint density at radius 3 is 2.09 bits per heavy atom. The summed E-state index contributed by atoms with van der Waals surface area (Å²) in [5.41, 5.74) is 0. The van der Waals surface area contributed by atoms with Gasteiger partial charge >= 0.3 is 0 Å². The second-order valence-electron chi connectivity index (χ2n) is 3.97. The topological polar surface area (TPSA) is 17.1 Å². The summed E-state index contributed by atoms with van der Waals surface area (Å²) < 4.78 is 0. The molecule has 0 saturated heterocycles. The van der Waals surface area contributed by atoms with Gasteiger partial charge in [-0.15, -0.1) is 0 Å². The molecular formula is C10H17O. The fourth-order valence-corrected chi connectivity index (χ4v) is 1.90. The van der Waals surface area contributed by atoms with Crippen LogP contribution in [0.4, 0.5) is 0 Å². The van der Waals surface area contributed by atoms with E-state index in [1.807, 2.05) is 0 Å². The molecule has 1 nitrogen and oxygen atoms in total. The van der Waals surface area contributed by atoms with Crippen molar-refractivity contribution in [3.63, 3.8) is 0 Å². The molecule has 63 valence electrons. The first kappa shape index (κ1) is 8.76. The summed E-state index contributed by atoms with van der Waals surface area (Å²) in [4.78, 5) is 10.3. The van der Waals surface area contributed by atoms with Gasteiger partial charge < -0.3 is 0 Å². The van der Waals surface area contributed by atoms with Crippen LogP contribution in [0.15, 0.2) is 0 Å². The minimum atomic E-state index is 0.255. The molecule has 0 amide bonds. The van der Waals surface area contributed by atoms with E-state index in [9.17, 15) is 4.79 Å². The van der Waals surface area contributed by atoms with E-state index < -0.39 is 0 Å². The molecule has 0 heterocycles. The fraction of sp³-hybridized carbons (Fsp3) is 0.900. The molecular weight excluding hydrogens is 136 g/mol. The van der Waals surface area contributed by atoms with E-state index in [4.69, 9.17) is 0 Å². The first-order valence-electron chi connectivity index (χ1n) is 4.61. The molecule has 0 aliphatic heterocycles. The lowest BCUT2D eigenvalue weighted by atomic mass is 9.77. The lowest BCUT2D eigenvalue weighted by Crippen LogP contribution is -2.19. The van der Waals surface area contributed by atoms with E-state index in [1.54, 1.807) is 0 Å². The van der Waals surface area contributed by atoms with E-state index in [2.05, 4.69) is 20.1 Å². The summed E-state index contributed by atoms with van der Waals surface area (Å²) in [6.45, 7) is 4.55. The van der Waals surface area contributed by atoms with Crippen molar-refractivity contribution in [1.29, 1.82) is 0 Å². The van der Waals surface area contributed by atoms with Crippen LogP contribution in [0.2, 0.25) is 0 Å². The van der Waals surface area contributed by atoms with Crippen molar-refractivity contribution in [3.05, 3.63) is 0 Å². The van der Waals surface area contributed by atoms with Crippen molar-refractivity contribution in [2.75, 3.05) is 0 Å². The van der Waals surface area contributed by atoms with E-state index in [0.29, 0.717) is 0 Å². The second kappa shape index (κ2) is 3.89. The largest absolute Gasteiger partial charge is 0.291 e. The maximum atomic E-state index is 10.3. The lowest BCUT2D eigenvalue weighted by molar-refractivity contribution is 0.252. The Kier molecular flexibility index (Phi) is 3.10. The molecule has 0 bridgehead atoms. The van der Waals surface area contributed by atoms with E-state index in [0.717, 1.165) is 24.7 Å². The molecule has 1 fully saturated rings. The summed E-state index contributed by atoms with van der Waals surface area (Å²) in [6, 6.07) is 0. The van der Waals surface area contributed by atoms with Crippen LogP contribution >= 0.6 is 0 Å². The average molecular weight is 153 g/mol. The third kappa shape index (κ3) is 2.32. The van der Waals surface area contributed by atoms with Crippen molar-refractivity contribution in [2.24, 2.45) is 17.8 Å². The van der Waals surface area contributed by atoms with E-state index >= 15 is 0 Å². The predicted octanol–water partition coefficient (Wildman–Crippen LogP) is 2.56. The minimum Gasteiger partial charge on any atom is -0.291 e. The molecule has 1 rings (SSSR count). The number of hydrogen-bond acceptors (Lipinski definition) is 1. The Balaban J connectivity index is 2.29. The maximum absolute atomic E-state index is 10.3. The van der Waals surface area contributed by atoms with Crippen LogP contribution < -0.4 is 0 Å². The second-order valence-corrected chi connectivity index (χ2v) is 3.97. The minimum absolute atomic E-state index is 0.255. The number of rotatable bonds is 2. The van der Waals surface area contributed by atoms with Gasteiger partial charge in [0.25, 0.3) is 0 Å². The Labute approximate surface area is 69.2 Å². The summed E-state index contributed by atoms with van der Waals surface area (Å²) in [6.07, 6.45) is 6.73. The van der Waals surface area contributed by atoms with Gasteiger partial charge in [-0.05, 0) is 37.5 Å². The number of carbonyl (C=O) groups excluding carboxylic acids is 1. The predicted molar refractivity (Wildman–Crippen MR) is 46.0 cm³/mol. The first-order valence-corrected chi connectivity index (χ1v) is 4.61. The van der Waals surface area contributed by atoms with Gasteiger partial charge in [0, 0.05) is 5.92 Å². The highest BCUT2D eigenvalue weighted by Crippen LogP contribution is 2.31. The molecule has 1 aliphatic rings. The van der Waals surface area contributed by atoms with Gasteiger partial charge in [0.1, 0.15) is 0 Å². The number of hydrogen-bond donors (Lipinski definition) is 0. The van der Waals surface area contributed by atoms with Gasteiger partial charge in [0.15, 0.2) is 0 Å². The molecule has 1 heteroatoms. The molecule has 11 heavy (non-hydrogen) atoms. The molecule has 0 aromatic heterocycles. The SMILES string of the molecule is CC(C)C1CCC([C]=O)CC1. The zero-order chi connectivity index (χ0) is 8.27. The van der Waals surface area contributed by atoms with Crippen LogP contribution in [0, 0.1) is 17.8 Å². The highest BCUT2D eigenvalue weighted by atomic mass is 16.1. The third-order valence-electron chi connectivity index (χ3n) is 2.88. The highest BCUT2D eigenvalue weighted by Gasteiger charge is 2.22. The summed E-state index contributed by atoms with van der Waals surface area (Å²) in [5, 5.41) is 0. The zero-order valence-corrected chi connectivity index (χ0v) is 7.47. The van der Waals surface area contributed by atoms with Gasteiger partial charge in [-0.25, -0.2) is 0 Å². The Hall–Kier alpha value is -0.330. The summed E-state index contributed by atoms with van der Waals surface area (Å²) in [7, 11) is 0. The Morgan fingerprint density at radius 1 is 1.18 bits per heavy atom. The Bertz CT molecular complexity index is 121. The van der Waals surface area contributed by atoms with Gasteiger partial charge in [0.05, 0.1) is 0 Å². The van der Waals surface area contributed by atoms with Crippen LogP contribution in [-0.2, 0) is 4.79 Å². The van der Waals surface area contributed by atoms with Crippen molar-refractivity contribution >= 4 is 6.29 Å². The van der Waals surface area contributed by atoms with E-state index in [-0.39, 0.29) is 5.92 Å². The van der Waals surface area contributed by atoms with Crippen LogP contribution in [0.25, 0.3) is 0 Å². The van der Waals surface area contributed by atoms with Crippen LogP contribution in [0.3, 0.4) is 0 Å². The van der Waals surface area contributed by atoms with Crippen LogP contribution in [-0.4, -0.2) is 6.29 Å². The van der Waals surface area contributed by atoms with Gasteiger partial charge in [-0.3, -0.25) is 4.79 Å². The zero-order valence-electron chi connectivity index (χ0n) is 7.47. The molecule has 1 aliphatic carbocycles. The van der Waals surface area contributed by atoms with Crippen molar-refractivity contribution in [1.82, 2.24) is 0 Å². The van der Waals surface area contributed by atoms with Gasteiger partial charge in [-0.1, -0.05) is 13.8 Å². The average Bonchev–Trinajstić information content (AvgIpc) is 2.05. The van der Waals surface area contributed by atoms with Gasteiger partial charge in [0.2, 0.25) is 6.29 Å². The maximum Gasteiger partial charge on any atom is 0.201 e. The Morgan fingerprint density at radius 2 is 1.73 bits per heavy atom. The molecule has 1 saturated carbocycles. The smallest absolute Gasteiger partial charge is 0.201 e. The van der Waals surface area contributed by atoms with E-state index in [1.165, 1.54) is 12.8 Å². The van der Waals surface area contributed by atoms with Crippen LogP contribution in [0.1, 0.15) is 39.5 Å². The van der Waals surface area contributed by atoms with Crippen molar-refractivity contribution < 1.29 is 4.79 Å². The molecule has 0 unspecified atom stereocenters. The quantitative estimate of drug-likeness (QED) is 0.596. The molecule has 0 spiro atoms. The third-order valence-corrected chi connectivity index (χ3v) is 2.88. The lowest BCUT2D eigenvalue weighted by Gasteiger charge is -2.27. The van der Waals surface area contributed by atoms with Crippen molar-refractivity contribution in [2.45, 2.75) is 39.5 Å². The molecule has 0 atom stereocenters. The normalized spacial score (nSPS) is 32.3. The standard InChI is InChI=1S/C10H17O/c1-8(2)10-5-3-9(7-11)4-6-10/h8-10H,3-6H2,1-2H3. The monoisotopic (exact) mass is 153 g/mol. The van der Waals surface area contributed by atoms with Gasteiger partial charge in [-0.2, -0.15) is 0 Å². The highest BCUT2D eigenvalue weighted by molar-refractivity contribution is 5.54. The molecule has 0 aromatic carbocycles. The van der Waals surface area contributed by atoms with Crippen molar-refractivity contribution in [3.8, 4) is 0 Å². The first-order chi connectivity index (χ1) is 5.24. The fourth-order valence-electron chi connectivity index (χ4n) is 1.90. The molecule has 0 N–H and O–H groups in total. The summed E-state index contributed by atoms with van der Waals surface area (Å²) >= 11 is 0. The molecule has 1 radical (unpaired) electrons. The molecule has 0 aromatic rings.